The fourth-order valence-corrected chi connectivity index (χ4v) is 4.18. The number of carbonyl (C=O) groups is 1. The van der Waals surface area contributed by atoms with Crippen LogP contribution < -0.4 is 4.90 Å². The van der Waals surface area contributed by atoms with Gasteiger partial charge in [0.05, 0.1) is 12.2 Å². The second-order valence-corrected chi connectivity index (χ2v) is 7.43. The van der Waals surface area contributed by atoms with Gasteiger partial charge in [0, 0.05) is 33.2 Å². The fourth-order valence-electron chi connectivity index (χ4n) is 4.01. The van der Waals surface area contributed by atoms with E-state index >= 15 is 0 Å². The lowest BCUT2D eigenvalue weighted by Gasteiger charge is -2.23. The number of aromatic nitrogens is 1. The van der Waals surface area contributed by atoms with Crippen molar-refractivity contribution in [2.24, 2.45) is 0 Å². The lowest BCUT2D eigenvalue weighted by molar-refractivity contribution is -0.132. The van der Waals surface area contributed by atoms with Crippen LogP contribution in [0.15, 0.2) is 79.0 Å². The van der Waals surface area contributed by atoms with Gasteiger partial charge in [-0.25, -0.2) is 0 Å². The van der Waals surface area contributed by atoms with Gasteiger partial charge >= 0.3 is 0 Å². The molecule has 0 saturated carbocycles. The van der Waals surface area contributed by atoms with Crippen molar-refractivity contribution in [2.75, 3.05) is 4.90 Å². The fraction of sp³-hybridized carbons (Fsp3) is 0.0870. The number of para-hydroxylation sites is 1. The van der Waals surface area contributed by atoms with Gasteiger partial charge in [-0.2, -0.15) is 0 Å². The van der Waals surface area contributed by atoms with E-state index in [0.717, 1.165) is 16.5 Å². The highest BCUT2D eigenvalue weighted by Gasteiger charge is 2.52. The number of hydrogen-bond acceptors (Lipinski definition) is 2. The Kier molecular flexibility index (Phi) is 3.79. The molecule has 2 heterocycles. The predicted molar refractivity (Wildman–Crippen MR) is 110 cm³/mol. The zero-order chi connectivity index (χ0) is 19.3. The van der Waals surface area contributed by atoms with Gasteiger partial charge in [0.15, 0.2) is 5.60 Å². The minimum atomic E-state index is -1.80. The van der Waals surface area contributed by atoms with E-state index in [9.17, 15) is 9.90 Å². The third-order valence-corrected chi connectivity index (χ3v) is 5.59. The van der Waals surface area contributed by atoms with Crippen molar-refractivity contribution in [3.05, 3.63) is 101 Å². The second kappa shape index (κ2) is 6.23. The summed E-state index contributed by atoms with van der Waals surface area (Å²) in [5.74, 6) is -0.377. The number of nitrogens with zero attached hydrogens (tertiary/aromatic N) is 1. The van der Waals surface area contributed by atoms with E-state index in [1.807, 2.05) is 54.6 Å². The third kappa shape index (κ3) is 2.39. The van der Waals surface area contributed by atoms with Gasteiger partial charge in [0.2, 0.25) is 0 Å². The molecule has 0 fully saturated rings. The molecule has 0 aliphatic carbocycles. The van der Waals surface area contributed by atoms with E-state index < -0.39 is 5.60 Å². The van der Waals surface area contributed by atoms with Gasteiger partial charge in [0.1, 0.15) is 0 Å². The average Bonchev–Trinajstić information content (AvgIpc) is 3.24. The van der Waals surface area contributed by atoms with Crippen molar-refractivity contribution in [2.45, 2.75) is 12.1 Å². The Morgan fingerprint density at radius 1 is 0.964 bits per heavy atom. The molecule has 1 amide bonds. The van der Waals surface area contributed by atoms with Crippen LogP contribution >= 0.6 is 11.6 Å². The zero-order valence-corrected chi connectivity index (χ0v) is 15.6. The van der Waals surface area contributed by atoms with Crippen LogP contribution in [0.2, 0.25) is 5.02 Å². The Morgan fingerprint density at radius 2 is 1.71 bits per heavy atom. The standard InChI is InChI=1S/C23H17ClN2O2/c24-16-10-11-21-18(12-16)23(28,19-13-25-20-9-5-4-8-17(19)20)22(27)26(21)14-15-6-2-1-3-7-15/h1-13,25,28H,14H2/t23-/m0/s1. The predicted octanol–water partition coefficient (Wildman–Crippen LogP) is 4.60. The van der Waals surface area contributed by atoms with Gasteiger partial charge < -0.3 is 15.0 Å². The number of fused-ring (bicyclic) bond motifs is 2. The first-order valence-corrected chi connectivity index (χ1v) is 9.42. The van der Waals surface area contributed by atoms with Crippen LogP contribution in [0.3, 0.4) is 0 Å². The van der Waals surface area contributed by atoms with Crippen molar-refractivity contribution in [3.8, 4) is 0 Å². The highest BCUT2D eigenvalue weighted by molar-refractivity contribution is 6.31. The number of hydrogen-bond donors (Lipinski definition) is 2. The van der Waals surface area contributed by atoms with Gasteiger partial charge in [-0.15, -0.1) is 0 Å². The molecule has 3 aromatic carbocycles. The molecule has 4 aromatic rings. The van der Waals surface area contributed by atoms with Gasteiger partial charge in [0.25, 0.3) is 5.91 Å². The molecule has 5 rings (SSSR count). The van der Waals surface area contributed by atoms with Crippen LogP contribution in [0.5, 0.6) is 0 Å². The molecule has 5 heteroatoms. The van der Waals surface area contributed by atoms with Crippen molar-refractivity contribution in [1.82, 2.24) is 4.98 Å². The number of amides is 1. The van der Waals surface area contributed by atoms with Crippen molar-refractivity contribution < 1.29 is 9.90 Å². The molecule has 1 aromatic heterocycles. The molecule has 2 N–H and O–H groups in total. The molecular weight excluding hydrogens is 372 g/mol. The van der Waals surface area contributed by atoms with E-state index in [1.165, 1.54) is 0 Å². The monoisotopic (exact) mass is 388 g/mol. The minimum Gasteiger partial charge on any atom is -0.372 e. The van der Waals surface area contributed by atoms with Gasteiger partial charge in [-0.1, -0.05) is 60.1 Å². The molecular formula is C23H17ClN2O2. The molecule has 0 bridgehead atoms. The first-order valence-electron chi connectivity index (χ1n) is 9.04. The molecule has 28 heavy (non-hydrogen) atoms. The van der Waals surface area contributed by atoms with E-state index in [1.54, 1.807) is 29.3 Å². The minimum absolute atomic E-state index is 0.374. The van der Waals surface area contributed by atoms with Crippen molar-refractivity contribution in [1.29, 1.82) is 0 Å². The average molecular weight is 389 g/mol. The van der Waals surface area contributed by atoms with Gasteiger partial charge in [-0.05, 0) is 29.8 Å². The number of aliphatic hydroxyl groups is 1. The molecule has 138 valence electrons. The summed E-state index contributed by atoms with van der Waals surface area (Å²) in [4.78, 5) is 18.3. The number of halogens is 1. The highest BCUT2D eigenvalue weighted by atomic mass is 35.5. The Hall–Kier alpha value is -3.08. The molecule has 0 spiro atoms. The number of anilines is 1. The summed E-state index contributed by atoms with van der Waals surface area (Å²) in [5, 5.41) is 13.1. The summed E-state index contributed by atoms with van der Waals surface area (Å²) in [6.45, 7) is 0.374. The quantitative estimate of drug-likeness (QED) is 0.538. The summed E-state index contributed by atoms with van der Waals surface area (Å²) in [7, 11) is 0. The molecule has 0 saturated heterocycles. The van der Waals surface area contributed by atoms with Gasteiger partial charge in [-0.3, -0.25) is 4.79 Å². The Bertz CT molecular complexity index is 1200. The summed E-state index contributed by atoms with van der Waals surface area (Å²) < 4.78 is 0. The molecule has 1 atom stereocenters. The van der Waals surface area contributed by atoms with Crippen LogP contribution in [0.25, 0.3) is 10.9 Å². The second-order valence-electron chi connectivity index (χ2n) is 7.00. The smallest absolute Gasteiger partial charge is 0.268 e. The number of rotatable bonds is 3. The summed E-state index contributed by atoms with van der Waals surface area (Å²) in [5.41, 5.74) is 1.77. The first-order chi connectivity index (χ1) is 13.6. The van der Waals surface area contributed by atoms with E-state index in [0.29, 0.717) is 28.4 Å². The maximum absolute atomic E-state index is 13.6. The lowest BCUT2D eigenvalue weighted by atomic mass is 9.87. The number of benzene rings is 3. The normalized spacial score (nSPS) is 18.6. The number of nitrogens with one attached hydrogen (secondary N) is 1. The first kappa shape index (κ1) is 17.0. The summed E-state index contributed by atoms with van der Waals surface area (Å²) in [6.07, 6.45) is 1.71. The van der Waals surface area contributed by atoms with Crippen LogP contribution in [0, 0.1) is 0 Å². The topological polar surface area (TPSA) is 56.3 Å². The van der Waals surface area contributed by atoms with E-state index in [2.05, 4.69) is 4.98 Å². The van der Waals surface area contributed by atoms with Crippen LogP contribution in [-0.2, 0) is 16.9 Å². The Labute approximate surface area is 167 Å². The zero-order valence-electron chi connectivity index (χ0n) is 14.9. The van der Waals surface area contributed by atoms with Crippen LogP contribution in [0.4, 0.5) is 5.69 Å². The molecule has 4 nitrogen and oxygen atoms in total. The molecule has 1 aliphatic heterocycles. The SMILES string of the molecule is O=C1N(Cc2ccccc2)c2ccc(Cl)cc2[C@]1(O)c1c[nH]c2ccccc12. The molecule has 1 aliphatic rings. The largest absolute Gasteiger partial charge is 0.372 e. The molecule has 0 radical (unpaired) electrons. The Morgan fingerprint density at radius 3 is 2.54 bits per heavy atom. The van der Waals surface area contributed by atoms with Crippen LogP contribution in [0.1, 0.15) is 16.7 Å². The van der Waals surface area contributed by atoms with E-state index in [-0.39, 0.29) is 5.91 Å². The number of aromatic amines is 1. The summed E-state index contributed by atoms with van der Waals surface area (Å²) in [6, 6.07) is 22.6. The van der Waals surface area contributed by atoms with Crippen molar-refractivity contribution in [3.63, 3.8) is 0 Å². The van der Waals surface area contributed by atoms with Crippen LogP contribution in [-0.4, -0.2) is 16.0 Å². The molecule has 0 unspecified atom stereocenters. The lowest BCUT2D eigenvalue weighted by Crippen LogP contribution is -2.40. The maximum atomic E-state index is 13.6. The highest BCUT2D eigenvalue weighted by Crippen LogP contribution is 2.47. The maximum Gasteiger partial charge on any atom is 0.268 e. The number of carbonyl (C=O) groups excluding carboxylic acids is 1. The Balaban J connectivity index is 1.71. The van der Waals surface area contributed by atoms with E-state index in [4.69, 9.17) is 11.6 Å². The third-order valence-electron chi connectivity index (χ3n) is 5.36. The van der Waals surface area contributed by atoms with Crippen molar-refractivity contribution >= 4 is 34.1 Å². The number of H-pyrrole nitrogens is 1. The summed E-state index contributed by atoms with van der Waals surface area (Å²) >= 11 is 6.24.